The highest BCUT2D eigenvalue weighted by Crippen LogP contribution is 2.37. The van der Waals surface area contributed by atoms with Crippen molar-refractivity contribution >= 4 is 0 Å². The number of likely N-dealkylation sites (tertiary alicyclic amines) is 1. The number of hydrogen-bond donors (Lipinski definition) is 1. The van der Waals surface area contributed by atoms with Crippen LogP contribution >= 0.6 is 0 Å². The fourth-order valence-electron chi connectivity index (χ4n) is 3.84. The minimum Gasteiger partial charge on any atom is -0.323 e. The van der Waals surface area contributed by atoms with Crippen molar-refractivity contribution in [2.24, 2.45) is 11.7 Å². The standard InChI is InChI=1S/C16H24N2/c17-15(13-6-2-1-3-7-13)12-18-11-5-9-14-8-4-10-16(14)18/h1-3,6-7,14-16H,4-5,8-12,17H2. The molecule has 0 amide bonds. The van der Waals surface area contributed by atoms with Gasteiger partial charge in [0.15, 0.2) is 0 Å². The van der Waals surface area contributed by atoms with E-state index < -0.39 is 0 Å². The molecule has 1 saturated carbocycles. The predicted octanol–water partition coefficient (Wildman–Crippen LogP) is 2.95. The van der Waals surface area contributed by atoms with Crippen LogP contribution in [0.15, 0.2) is 30.3 Å². The fraction of sp³-hybridized carbons (Fsp3) is 0.625. The highest BCUT2D eigenvalue weighted by Gasteiger charge is 2.35. The second kappa shape index (κ2) is 5.41. The van der Waals surface area contributed by atoms with Gasteiger partial charge in [-0.2, -0.15) is 0 Å². The first-order valence-electron chi connectivity index (χ1n) is 7.39. The Kier molecular flexibility index (Phi) is 3.67. The summed E-state index contributed by atoms with van der Waals surface area (Å²) in [5.41, 5.74) is 7.64. The van der Waals surface area contributed by atoms with Crippen molar-refractivity contribution in [1.29, 1.82) is 0 Å². The number of hydrogen-bond acceptors (Lipinski definition) is 2. The van der Waals surface area contributed by atoms with Crippen molar-refractivity contribution < 1.29 is 0 Å². The third kappa shape index (κ3) is 2.45. The Morgan fingerprint density at radius 1 is 1.11 bits per heavy atom. The first kappa shape index (κ1) is 12.2. The molecular formula is C16H24N2. The van der Waals surface area contributed by atoms with E-state index in [0.717, 1.165) is 18.5 Å². The molecule has 2 nitrogen and oxygen atoms in total. The van der Waals surface area contributed by atoms with Gasteiger partial charge in [-0.25, -0.2) is 0 Å². The summed E-state index contributed by atoms with van der Waals surface area (Å²) in [6.45, 7) is 2.28. The van der Waals surface area contributed by atoms with Crippen LogP contribution in [0.25, 0.3) is 0 Å². The molecule has 3 rings (SSSR count). The summed E-state index contributed by atoms with van der Waals surface area (Å²) in [6.07, 6.45) is 7.07. The van der Waals surface area contributed by atoms with Crippen LogP contribution in [0.4, 0.5) is 0 Å². The molecule has 1 aromatic rings. The lowest BCUT2D eigenvalue weighted by Gasteiger charge is -2.39. The molecule has 0 radical (unpaired) electrons. The maximum Gasteiger partial charge on any atom is 0.0424 e. The SMILES string of the molecule is NC(CN1CCCC2CCCC21)c1ccccc1. The number of piperidine rings is 1. The van der Waals surface area contributed by atoms with E-state index in [1.165, 1.54) is 44.2 Å². The van der Waals surface area contributed by atoms with Gasteiger partial charge in [-0.15, -0.1) is 0 Å². The van der Waals surface area contributed by atoms with E-state index in [2.05, 4.69) is 35.2 Å². The van der Waals surface area contributed by atoms with Gasteiger partial charge in [0.05, 0.1) is 0 Å². The fourth-order valence-corrected chi connectivity index (χ4v) is 3.84. The zero-order valence-electron chi connectivity index (χ0n) is 11.1. The van der Waals surface area contributed by atoms with E-state index in [0.29, 0.717) is 0 Å². The summed E-state index contributed by atoms with van der Waals surface area (Å²) in [7, 11) is 0. The molecule has 1 saturated heterocycles. The number of rotatable bonds is 3. The van der Waals surface area contributed by atoms with Gasteiger partial charge in [0.2, 0.25) is 0 Å². The molecule has 1 aliphatic heterocycles. The van der Waals surface area contributed by atoms with Crippen LogP contribution in [0.3, 0.4) is 0 Å². The maximum atomic E-state index is 6.37. The molecule has 1 heterocycles. The van der Waals surface area contributed by atoms with E-state index in [1.54, 1.807) is 0 Å². The molecule has 2 heteroatoms. The van der Waals surface area contributed by atoms with Crippen LogP contribution in [-0.2, 0) is 0 Å². The summed E-state index contributed by atoms with van der Waals surface area (Å²) in [4.78, 5) is 2.67. The molecule has 1 aliphatic carbocycles. The second-order valence-corrected chi connectivity index (χ2v) is 5.91. The molecule has 2 N–H and O–H groups in total. The van der Waals surface area contributed by atoms with Gasteiger partial charge in [0, 0.05) is 18.6 Å². The number of benzene rings is 1. The van der Waals surface area contributed by atoms with Gasteiger partial charge in [-0.05, 0) is 43.7 Å². The summed E-state index contributed by atoms with van der Waals surface area (Å²) in [6, 6.07) is 11.5. The lowest BCUT2D eigenvalue weighted by Crippen LogP contribution is -2.45. The maximum absolute atomic E-state index is 6.37. The predicted molar refractivity (Wildman–Crippen MR) is 75.3 cm³/mol. The zero-order valence-corrected chi connectivity index (χ0v) is 11.1. The van der Waals surface area contributed by atoms with E-state index in [4.69, 9.17) is 5.73 Å². The Labute approximate surface area is 110 Å². The van der Waals surface area contributed by atoms with Crippen molar-refractivity contribution in [3.8, 4) is 0 Å². The first-order chi connectivity index (χ1) is 8.84. The van der Waals surface area contributed by atoms with Gasteiger partial charge < -0.3 is 5.73 Å². The van der Waals surface area contributed by atoms with Gasteiger partial charge in [-0.3, -0.25) is 4.90 Å². The molecule has 98 valence electrons. The van der Waals surface area contributed by atoms with Crippen LogP contribution in [0.5, 0.6) is 0 Å². The molecule has 3 atom stereocenters. The van der Waals surface area contributed by atoms with Gasteiger partial charge in [0.1, 0.15) is 0 Å². The highest BCUT2D eigenvalue weighted by molar-refractivity contribution is 5.18. The van der Waals surface area contributed by atoms with E-state index in [1.807, 2.05) is 0 Å². The largest absolute Gasteiger partial charge is 0.323 e. The quantitative estimate of drug-likeness (QED) is 0.885. The number of nitrogens with zero attached hydrogens (tertiary/aromatic N) is 1. The molecule has 2 fully saturated rings. The average molecular weight is 244 g/mol. The van der Waals surface area contributed by atoms with E-state index in [9.17, 15) is 0 Å². The Balaban J connectivity index is 1.65. The van der Waals surface area contributed by atoms with Crippen molar-refractivity contribution in [2.45, 2.75) is 44.2 Å². The summed E-state index contributed by atoms with van der Waals surface area (Å²) >= 11 is 0. The molecular weight excluding hydrogens is 220 g/mol. The Morgan fingerprint density at radius 3 is 2.72 bits per heavy atom. The van der Waals surface area contributed by atoms with Crippen molar-refractivity contribution in [2.75, 3.05) is 13.1 Å². The topological polar surface area (TPSA) is 29.3 Å². The second-order valence-electron chi connectivity index (χ2n) is 5.91. The van der Waals surface area contributed by atoms with Gasteiger partial charge >= 0.3 is 0 Å². The van der Waals surface area contributed by atoms with Crippen molar-refractivity contribution in [1.82, 2.24) is 4.90 Å². The molecule has 3 unspecified atom stereocenters. The Bertz CT molecular complexity index is 376. The molecule has 2 aliphatic rings. The summed E-state index contributed by atoms with van der Waals surface area (Å²) in [5, 5.41) is 0. The summed E-state index contributed by atoms with van der Waals surface area (Å²) in [5.74, 6) is 0.960. The molecule has 18 heavy (non-hydrogen) atoms. The molecule has 1 aromatic carbocycles. The normalized spacial score (nSPS) is 30.1. The average Bonchev–Trinajstić information content (AvgIpc) is 2.89. The van der Waals surface area contributed by atoms with Crippen LogP contribution in [-0.4, -0.2) is 24.0 Å². The smallest absolute Gasteiger partial charge is 0.0424 e. The highest BCUT2D eigenvalue weighted by atomic mass is 15.2. The van der Waals surface area contributed by atoms with Crippen LogP contribution < -0.4 is 5.73 Å². The van der Waals surface area contributed by atoms with Crippen molar-refractivity contribution in [3.63, 3.8) is 0 Å². The van der Waals surface area contributed by atoms with E-state index >= 15 is 0 Å². The van der Waals surface area contributed by atoms with Crippen LogP contribution in [0.2, 0.25) is 0 Å². The number of fused-ring (bicyclic) bond motifs is 1. The van der Waals surface area contributed by atoms with Crippen LogP contribution in [0, 0.1) is 5.92 Å². The third-order valence-electron chi connectivity index (χ3n) is 4.77. The lowest BCUT2D eigenvalue weighted by atomic mass is 9.91. The van der Waals surface area contributed by atoms with Crippen LogP contribution in [0.1, 0.15) is 43.7 Å². The molecule has 0 bridgehead atoms. The zero-order chi connectivity index (χ0) is 12.4. The van der Waals surface area contributed by atoms with E-state index in [-0.39, 0.29) is 6.04 Å². The monoisotopic (exact) mass is 244 g/mol. The lowest BCUT2D eigenvalue weighted by molar-refractivity contribution is 0.106. The number of nitrogens with two attached hydrogens (primary N) is 1. The molecule has 0 aromatic heterocycles. The minimum absolute atomic E-state index is 0.172. The first-order valence-corrected chi connectivity index (χ1v) is 7.39. The third-order valence-corrected chi connectivity index (χ3v) is 4.77. The Morgan fingerprint density at radius 2 is 1.89 bits per heavy atom. The van der Waals surface area contributed by atoms with Crippen molar-refractivity contribution in [3.05, 3.63) is 35.9 Å². The Hall–Kier alpha value is -0.860. The van der Waals surface area contributed by atoms with Gasteiger partial charge in [-0.1, -0.05) is 36.8 Å². The summed E-state index contributed by atoms with van der Waals surface area (Å²) < 4.78 is 0. The molecule has 0 spiro atoms. The minimum atomic E-state index is 0.172. The van der Waals surface area contributed by atoms with Gasteiger partial charge in [0.25, 0.3) is 0 Å².